The zero-order chi connectivity index (χ0) is 12.3. The van der Waals surface area contributed by atoms with Gasteiger partial charge in [-0.2, -0.15) is 0 Å². The Hall–Kier alpha value is -1.36. The lowest BCUT2D eigenvalue weighted by Crippen LogP contribution is -2.09. The van der Waals surface area contributed by atoms with E-state index in [9.17, 15) is 0 Å². The zero-order valence-electron chi connectivity index (χ0n) is 9.80. The lowest BCUT2D eigenvalue weighted by Gasteiger charge is -2.13. The van der Waals surface area contributed by atoms with Crippen LogP contribution in [0.4, 0.5) is 0 Å². The van der Waals surface area contributed by atoms with Gasteiger partial charge in [-0.1, -0.05) is 0 Å². The summed E-state index contributed by atoms with van der Waals surface area (Å²) in [5.41, 5.74) is 0. The highest BCUT2D eigenvalue weighted by Gasteiger charge is 2.11. The Bertz CT molecular complexity index is 482. The van der Waals surface area contributed by atoms with Crippen LogP contribution in [-0.2, 0) is 6.61 Å². The summed E-state index contributed by atoms with van der Waals surface area (Å²) >= 11 is 3.48. The number of rotatable bonds is 4. The van der Waals surface area contributed by atoms with Crippen molar-refractivity contribution in [1.82, 2.24) is 14.5 Å². The Balaban J connectivity index is 2.09. The molecule has 0 amide bonds. The summed E-state index contributed by atoms with van der Waals surface area (Å²) in [6.07, 6.45) is 5.21. The molecule has 0 aliphatic heterocycles. The molecule has 4 nitrogen and oxygen atoms in total. The van der Waals surface area contributed by atoms with E-state index in [0.717, 1.165) is 16.2 Å². The van der Waals surface area contributed by atoms with Crippen LogP contribution in [0.1, 0.15) is 25.7 Å². The van der Waals surface area contributed by atoms with Crippen LogP contribution in [0.2, 0.25) is 0 Å². The van der Waals surface area contributed by atoms with Crippen LogP contribution in [0.3, 0.4) is 0 Å². The van der Waals surface area contributed by atoms with E-state index >= 15 is 0 Å². The van der Waals surface area contributed by atoms with E-state index in [4.69, 9.17) is 4.74 Å². The molecule has 90 valence electrons. The second-order valence-corrected chi connectivity index (χ2v) is 4.75. The van der Waals surface area contributed by atoms with Crippen LogP contribution >= 0.6 is 15.9 Å². The maximum Gasteiger partial charge on any atom is 0.147 e. The molecule has 0 bridgehead atoms. The van der Waals surface area contributed by atoms with E-state index in [-0.39, 0.29) is 0 Å². The molecule has 17 heavy (non-hydrogen) atoms. The van der Waals surface area contributed by atoms with E-state index in [1.165, 1.54) is 0 Å². The predicted molar refractivity (Wildman–Crippen MR) is 68.9 cm³/mol. The molecule has 0 radical (unpaired) electrons. The van der Waals surface area contributed by atoms with E-state index in [0.29, 0.717) is 12.6 Å². The van der Waals surface area contributed by atoms with Gasteiger partial charge in [-0.15, -0.1) is 0 Å². The summed E-state index contributed by atoms with van der Waals surface area (Å²) in [6, 6.07) is 4.07. The fourth-order valence-electron chi connectivity index (χ4n) is 1.61. The van der Waals surface area contributed by atoms with Crippen LogP contribution in [0, 0.1) is 0 Å². The first-order chi connectivity index (χ1) is 8.18. The topological polar surface area (TPSA) is 39.9 Å². The maximum atomic E-state index is 5.63. The molecule has 0 saturated heterocycles. The van der Waals surface area contributed by atoms with Crippen LogP contribution in [0.15, 0.2) is 35.3 Å². The summed E-state index contributed by atoms with van der Waals surface area (Å²) < 4.78 is 8.69. The molecule has 2 aromatic rings. The van der Waals surface area contributed by atoms with Crippen molar-refractivity contribution in [3.63, 3.8) is 0 Å². The highest BCUT2D eigenvalue weighted by molar-refractivity contribution is 9.10. The van der Waals surface area contributed by atoms with Gasteiger partial charge in [-0.05, 0) is 41.9 Å². The van der Waals surface area contributed by atoms with Crippen molar-refractivity contribution in [2.45, 2.75) is 26.5 Å². The average molecular weight is 296 g/mol. The number of pyridine rings is 1. The van der Waals surface area contributed by atoms with Gasteiger partial charge in [0, 0.05) is 12.2 Å². The monoisotopic (exact) mass is 295 g/mol. The average Bonchev–Trinajstić information content (AvgIpc) is 2.69. The Morgan fingerprint density at radius 3 is 2.88 bits per heavy atom. The molecule has 0 atom stereocenters. The lowest BCUT2D eigenvalue weighted by atomic mass is 10.4. The van der Waals surface area contributed by atoms with E-state index in [2.05, 4.69) is 44.3 Å². The Labute approximate surface area is 109 Å². The van der Waals surface area contributed by atoms with Gasteiger partial charge in [0.05, 0.1) is 12.4 Å². The SMILES string of the molecule is CC(C)n1c(Br)cnc1COc1cccnc1. The molecule has 0 N–H and O–H groups in total. The smallest absolute Gasteiger partial charge is 0.147 e. The summed E-state index contributed by atoms with van der Waals surface area (Å²) in [7, 11) is 0. The normalized spacial score (nSPS) is 10.8. The highest BCUT2D eigenvalue weighted by atomic mass is 79.9. The van der Waals surface area contributed by atoms with E-state index in [1.807, 2.05) is 12.1 Å². The molecule has 0 fully saturated rings. The fraction of sp³-hybridized carbons (Fsp3) is 0.333. The van der Waals surface area contributed by atoms with E-state index < -0.39 is 0 Å². The zero-order valence-corrected chi connectivity index (χ0v) is 11.4. The van der Waals surface area contributed by atoms with Gasteiger partial charge in [-0.25, -0.2) is 4.98 Å². The van der Waals surface area contributed by atoms with Gasteiger partial charge >= 0.3 is 0 Å². The molecule has 0 aromatic carbocycles. The molecule has 2 aromatic heterocycles. The van der Waals surface area contributed by atoms with Crippen molar-refractivity contribution in [2.24, 2.45) is 0 Å². The molecule has 2 heterocycles. The minimum atomic E-state index is 0.347. The van der Waals surface area contributed by atoms with Gasteiger partial charge < -0.3 is 9.30 Å². The summed E-state index contributed by atoms with van der Waals surface area (Å²) in [5, 5.41) is 0. The van der Waals surface area contributed by atoms with Crippen LogP contribution in [-0.4, -0.2) is 14.5 Å². The molecular formula is C12H14BrN3O. The molecule has 0 unspecified atom stereocenters. The number of imidazole rings is 1. The van der Waals surface area contributed by atoms with Crippen LogP contribution < -0.4 is 4.74 Å². The van der Waals surface area contributed by atoms with Crippen molar-refractivity contribution < 1.29 is 4.74 Å². The third-order valence-corrected chi connectivity index (χ3v) is 2.93. The van der Waals surface area contributed by atoms with Crippen LogP contribution in [0.5, 0.6) is 5.75 Å². The van der Waals surface area contributed by atoms with Crippen molar-refractivity contribution in [3.8, 4) is 5.75 Å². The van der Waals surface area contributed by atoms with Gasteiger partial charge in [0.1, 0.15) is 22.8 Å². The van der Waals surface area contributed by atoms with Gasteiger partial charge in [-0.3, -0.25) is 4.98 Å². The Kier molecular flexibility index (Phi) is 3.78. The van der Waals surface area contributed by atoms with Crippen molar-refractivity contribution in [3.05, 3.63) is 41.2 Å². The summed E-state index contributed by atoms with van der Waals surface area (Å²) in [6.45, 7) is 4.66. The minimum Gasteiger partial charge on any atom is -0.484 e. The first-order valence-electron chi connectivity index (χ1n) is 5.43. The Morgan fingerprint density at radius 1 is 1.41 bits per heavy atom. The highest BCUT2D eigenvalue weighted by Crippen LogP contribution is 2.20. The summed E-state index contributed by atoms with van der Waals surface area (Å²) in [5.74, 6) is 1.65. The fourth-order valence-corrected chi connectivity index (χ4v) is 2.32. The van der Waals surface area contributed by atoms with Gasteiger partial charge in [0.2, 0.25) is 0 Å². The molecule has 2 rings (SSSR count). The second kappa shape index (κ2) is 5.31. The molecule has 0 saturated carbocycles. The van der Waals surface area contributed by atoms with Crippen molar-refractivity contribution >= 4 is 15.9 Å². The van der Waals surface area contributed by atoms with Gasteiger partial charge in [0.15, 0.2) is 0 Å². The number of hydrogen-bond donors (Lipinski definition) is 0. The van der Waals surface area contributed by atoms with Gasteiger partial charge in [0.25, 0.3) is 0 Å². The molecule has 0 spiro atoms. The number of hydrogen-bond acceptors (Lipinski definition) is 3. The maximum absolute atomic E-state index is 5.63. The number of nitrogens with zero attached hydrogens (tertiary/aromatic N) is 3. The molecule has 0 aliphatic rings. The first kappa shape index (κ1) is 12.1. The van der Waals surface area contributed by atoms with E-state index in [1.54, 1.807) is 18.6 Å². The third-order valence-electron chi connectivity index (χ3n) is 2.35. The third kappa shape index (κ3) is 2.85. The first-order valence-corrected chi connectivity index (χ1v) is 6.22. The second-order valence-electron chi connectivity index (χ2n) is 3.94. The molecular weight excluding hydrogens is 282 g/mol. The van der Waals surface area contributed by atoms with Crippen LogP contribution in [0.25, 0.3) is 0 Å². The summed E-state index contributed by atoms with van der Waals surface area (Å²) in [4.78, 5) is 8.32. The number of ether oxygens (including phenoxy) is 1. The number of aromatic nitrogens is 3. The minimum absolute atomic E-state index is 0.347. The molecule has 0 aliphatic carbocycles. The predicted octanol–water partition coefficient (Wildman–Crippen LogP) is 3.20. The largest absolute Gasteiger partial charge is 0.484 e. The standard InChI is InChI=1S/C12H14BrN3O/c1-9(2)16-11(13)7-15-12(16)8-17-10-4-3-5-14-6-10/h3-7,9H,8H2,1-2H3. The van der Waals surface area contributed by atoms with Crippen molar-refractivity contribution in [1.29, 1.82) is 0 Å². The number of halogens is 1. The Morgan fingerprint density at radius 2 is 2.24 bits per heavy atom. The van der Waals surface area contributed by atoms with Crippen molar-refractivity contribution in [2.75, 3.05) is 0 Å². The molecule has 5 heteroatoms. The lowest BCUT2D eigenvalue weighted by molar-refractivity contribution is 0.285. The quantitative estimate of drug-likeness (QED) is 0.870.